The molecule has 0 spiro atoms. The molecule has 0 aliphatic carbocycles. The number of rotatable bonds is 9. The first-order valence-electron chi connectivity index (χ1n) is 9.29. The minimum Gasteiger partial charge on any atom is -0.458 e. The molecule has 0 heterocycles. The second-order valence-corrected chi connectivity index (χ2v) is 8.32. The van der Waals surface area contributed by atoms with Gasteiger partial charge >= 0.3 is 5.97 Å². The minimum absolute atomic E-state index is 0.263. The number of carbonyl (C=O) groups is 2. The number of esters is 1. The van der Waals surface area contributed by atoms with Crippen molar-refractivity contribution >= 4 is 11.9 Å². The predicted octanol–water partition coefficient (Wildman–Crippen LogP) is 2.62. The molecule has 1 amide bonds. The number of benzene rings is 1. The van der Waals surface area contributed by atoms with Crippen LogP contribution in [-0.4, -0.2) is 46.9 Å². The van der Waals surface area contributed by atoms with Crippen LogP contribution in [0.1, 0.15) is 53.5 Å². The minimum atomic E-state index is -1.20. The van der Waals surface area contributed by atoms with Crippen molar-refractivity contribution in [2.75, 3.05) is 6.61 Å². The molecule has 0 fully saturated rings. The van der Waals surface area contributed by atoms with E-state index in [1.54, 1.807) is 0 Å². The first-order chi connectivity index (χ1) is 12.4. The number of carbonyl (C=O) groups excluding carboxylic acids is 2. The standard InChI is InChI=1S/C21H33NO5/c1-15(23)18(24)22-17(14-16-10-8-7-9-11-16)19(25)27-21(5,6)12-13-26-20(2,3)4/h7-11,15,17,23H,12-14H2,1-6H3,(H,22,24). The Kier molecular flexibility index (Phi) is 8.44. The van der Waals surface area contributed by atoms with Gasteiger partial charge in [-0.15, -0.1) is 0 Å². The second-order valence-electron chi connectivity index (χ2n) is 8.32. The lowest BCUT2D eigenvalue weighted by molar-refractivity contribution is -0.163. The number of hydrogen-bond donors (Lipinski definition) is 2. The molecule has 0 aliphatic heterocycles. The van der Waals surface area contributed by atoms with Gasteiger partial charge in [-0.05, 0) is 47.1 Å². The van der Waals surface area contributed by atoms with Crippen molar-refractivity contribution in [2.24, 2.45) is 0 Å². The maximum atomic E-state index is 12.7. The number of aliphatic hydroxyl groups excluding tert-OH is 1. The van der Waals surface area contributed by atoms with Gasteiger partial charge in [-0.1, -0.05) is 30.3 Å². The quantitative estimate of drug-likeness (QED) is 0.644. The molecule has 2 unspecified atom stereocenters. The lowest BCUT2D eigenvalue weighted by Crippen LogP contribution is -2.48. The van der Waals surface area contributed by atoms with Gasteiger partial charge in [0.1, 0.15) is 17.7 Å². The third kappa shape index (κ3) is 9.54. The molecule has 1 aromatic carbocycles. The monoisotopic (exact) mass is 379 g/mol. The highest BCUT2D eigenvalue weighted by molar-refractivity contribution is 5.86. The first-order valence-corrected chi connectivity index (χ1v) is 9.29. The number of amides is 1. The predicted molar refractivity (Wildman–Crippen MR) is 104 cm³/mol. The van der Waals surface area contributed by atoms with Crippen LogP contribution in [0.15, 0.2) is 30.3 Å². The van der Waals surface area contributed by atoms with Gasteiger partial charge in [0.25, 0.3) is 0 Å². The van der Waals surface area contributed by atoms with Crippen LogP contribution in [0.4, 0.5) is 0 Å². The van der Waals surface area contributed by atoms with Gasteiger partial charge < -0.3 is 19.9 Å². The SMILES string of the molecule is CC(O)C(=O)NC(Cc1ccccc1)C(=O)OC(C)(C)CCOC(C)(C)C. The van der Waals surface area contributed by atoms with E-state index in [4.69, 9.17) is 9.47 Å². The molecule has 1 aromatic rings. The molecule has 0 aliphatic rings. The van der Waals surface area contributed by atoms with E-state index in [0.717, 1.165) is 5.56 Å². The Labute approximate surface area is 162 Å². The summed E-state index contributed by atoms with van der Waals surface area (Å²) in [7, 11) is 0. The zero-order valence-corrected chi connectivity index (χ0v) is 17.2. The number of ether oxygens (including phenoxy) is 2. The van der Waals surface area contributed by atoms with E-state index in [9.17, 15) is 14.7 Å². The Morgan fingerprint density at radius 3 is 2.22 bits per heavy atom. The normalized spacial score (nSPS) is 14.3. The smallest absolute Gasteiger partial charge is 0.329 e. The molecule has 6 nitrogen and oxygen atoms in total. The summed E-state index contributed by atoms with van der Waals surface area (Å²) in [6, 6.07) is 8.47. The molecular weight excluding hydrogens is 346 g/mol. The van der Waals surface area contributed by atoms with Gasteiger partial charge in [0.05, 0.1) is 12.2 Å². The Morgan fingerprint density at radius 2 is 1.70 bits per heavy atom. The molecule has 0 radical (unpaired) electrons. The molecule has 6 heteroatoms. The van der Waals surface area contributed by atoms with Crippen molar-refractivity contribution in [1.29, 1.82) is 0 Å². The molecule has 0 saturated carbocycles. The zero-order valence-electron chi connectivity index (χ0n) is 17.2. The van der Waals surface area contributed by atoms with Crippen LogP contribution in [0.25, 0.3) is 0 Å². The molecular formula is C21H33NO5. The summed E-state index contributed by atoms with van der Waals surface area (Å²) in [6.45, 7) is 11.3. The van der Waals surface area contributed by atoms with E-state index in [0.29, 0.717) is 13.0 Å². The molecule has 0 bridgehead atoms. The molecule has 0 saturated heterocycles. The highest BCUT2D eigenvalue weighted by atomic mass is 16.6. The first kappa shape index (κ1) is 23.1. The highest BCUT2D eigenvalue weighted by Gasteiger charge is 2.30. The second kappa shape index (κ2) is 9.85. The van der Waals surface area contributed by atoms with E-state index in [2.05, 4.69) is 5.32 Å². The van der Waals surface area contributed by atoms with E-state index in [1.807, 2.05) is 65.0 Å². The van der Waals surface area contributed by atoms with Crippen molar-refractivity contribution in [2.45, 2.75) is 77.7 Å². The third-order valence-electron chi connectivity index (χ3n) is 3.88. The van der Waals surface area contributed by atoms with Crippen LogP contribution in [0.5, 0.6) is 0 Å². The summed E-state index contributed by atoms with van der Waals surface area (Å²) in [6.07, 6.45) is -0.394. The maximum absolute atomic E-state index is 12.7. The van der Waals surface area contributed by atoms with Crippen LogP contribution in [0.3, 0.4) is 0 Å². The summed E-state index contributed by atoms with van der Waals surface area (Å²) in [4.78, 5) is 24.6. The highest BCUT2D eigenvalue weighted by Crippen LogP contribution is 2.19. The van der Waals surface area contributed by atoms with Crippen molar-refractivity contribution in [3.8, 4) is 0 Å². The van der Waals surface area contributed by atoms with E-state index in [1.165, 1.54) is 6.92 Å². The lowest BCUT2D eigenvalue weighted by atomic mass is 10.0. The Balaban J connectivity index is 2.77. The average molecular weight is 379 g/mol. The van der Waals surface area contributed by atoms with Crippen molar-refractivity contribution in [3.05, 3.63) is 35.9 Å². The largest absolute Gasteiger partial charge is 0.458 e. The fourth-order valence-corrected chi connectivity index (χ4v) is 2.33. The fraction of sp³-hybridized carbons (Fsp3) is 0.619. The Hall–Kier alpha value is -1.92. The van der Waals surface area contributed by atoms with Gasteiger partial charge in [-0.2, -0.15) is 0 Å². The van der Waals surface area contributed by atoms with Crippen molar-refractivity contribution in [3.63, 3.8) is 0 Å². The van der Waals surface area contributed by atoms with E-state index < -0.39 is 29.6 Å². The van der Waals surface area contributed by atoms with Crippen molar-refractivity contribution < 1.29 is 24.2 Å². The number of hydrogen-bond acceptors (Lipinski definition) is 5. The van der Waals surface area contributed by atoms with Crippen LogP contribution in [-0.2, 0) is 25.5 Å². The van der Waals surface area contributed by atoms with Gasteiger partial charge in [-0.25, -0.2) is 4.79 Å². The van der Waals surface area contributed by atoms with Crippen molar-refractivity contribution in [1.82, 2.24) is 5.32 Å². The van der Waals surface area contributed by atoms with Gasteiger partial charge in [0.2, 0.25) is 5.91 Å². The van der Waals surface area contributed by atoms with Crippen LogP contribution < -0.4 is 5.32 Å². The topological polar surface area (TPSA) is 84.9 Å². The molecule has 27 heavy (non-hydrogen) atoms. The van der Waals surface area contributed by atoms with Gasteiger partial charge in [0.15, 0.2) is 0 Å². The Bertz CT molecular complexity index is 605. The van der Waals surface area contributed by atoms with Crippen LogP contribution >= 0.6 is 0 Å². The average Bonchev–Trinajstić information content (AvgIpc) is 2.53. The Morgan fingerprint density at radius 1 is 1.11 bits per heavy atom. The number of aliphatic hydroxyl groups is 1. The molecule has 2 atom stereocenters. The van der Waals surface area contributed by atoms with E-state index >= 15 is 0 Å². The summed E-state index contributed by atoms with van der Waals surface area (Å²) in [5.41, 5.74) is -0.118. The third-order valence-corrected chi connectivity index (χ3v) is 3.88. The van der Waals surface area contributed by atoms with Crippen LogP contribution in [0, 0.1) is 0 Å². The molecule has 1 rings (SSSR count). The summed E-state index contributed by atoms with van der Waals surface area (Å²) >= 11 is 0. The zero-order chi connectivity index (χ0) is 20.7. The lowest BCUT2D eigenvalue weighted by Gasteiger charge is -2.29. The number of nitrogens with one attached hydrogen (secondary N) is 1. The maximum Gasteiger partial charge on any atom is 0.329 e. The molecule has 2 N–H and O–H groups in total. The molecule has 152 valence electrons. The summed E-state index contributed by atoms with van der Waals surface area (Å²) in [5, 5.41) is 12.0. The van der Waals surface area contributed by atoms with Gasteiger partial charge in [-0.3, -0.25) is 4.79 Å². The fourth-order valence-electron chi connectivity index (χ4n) is 2.33. The summed E-state index contributed by atoms with van der Waals surface area (Å²) < 4.78 is 11.4. The molecule has 0 aromatic heterocycles. The van der Waals surface area contributed by atoms with Gasteiger partial charge in [0, 0.05) is 12.8 Å². The van der Waals surface area contributed by atoms with Crippen LogP contribution in [0.2, 0.25) is 0 Å². The summed E-state index contributed by atoms with van der Waals surface area (Å²) in [5.74, 6) is -1.14. The van der Waals surface area contributed by atoms with E-state index in [-0.39, 0.29) is 12.0 Å².